The number of imide groups is 1. The lowest BCUT2D eigenvalue weighted by atomic mass is 10.1. The normalized spacial score (nSPS) is 13.5. The summed E-state index contributed by atoms with van der Waals surface area (Å²) >= 11 is 0. The van der Waals surface area contributed by atoms with Crippen LogP contribution < -0.4 is 16.0 Å². The topological polar surface area (TPSA) is 90.5 Å². The molecule has 0 saturated heterocycles. The van der Waals surface area contributed by atoms with Gasteiger partial charge in [0, 0.05) is 25.2 Å². The van der Waals surface area contributed by atoms with Crippen molar-refractivity contribution in [2.75, 3.05) is 20.6 Å². The van der Waals surface area contributed by atoms with E-state index >= 15 is 0 Å². The summed E-state index contributed by atoms with van der Waals surface area (Å²) in [6.07, 6.45) is 2.12. The molecule has 1 aromatic carbocycles. The molecule has 0 heterocycles. The van der Waals surface area contributed by atoms with Crippen molar-refractivity contribution in [1.82, 2.24) is 20.9 Å². The Bertz CT molecular complexity index is 581. The maximum atomic E-state index is 11.9. The van der Waals surface area contributed by atoms with E-state index in [2.05, 4.69) is 16.0 Å². The molecule has 0 aliphatic heterocycles. The first-order chi connectivity index (χ1) is 11.0. The largest absolute Gasteiger partial charge is 0.349 e. The zero-order chi connectivity index (χ0) is 16.8. The fraction of sp³-hybridized carbons (Fsp3) is 0.438. The molecule has 1 aliphatic carbocycles. The van der Waals surface area contributed by atoms with Crippen molar-refractivity contribution in [2.45, 2.75) is 25.4 Å². The number of rotatable bonds is 6. The molecule has 1 fully saturated rings. The number of amides is 4. The highest BCUT2D eigenvalue weighted by molar-refractivity contribution is 5.95. The van der Waals surface area contributed by atoms with E-state index in [9.17, 15) is 14.4 Å². The lowest BCUT2D eigenvalue weighted by molar-refractivity contribution is -0.120. The monoisotopic (exact) mass is 318 g/mol. The highest BCUT2D eigenvalue weighted by atomic mass is 16.2. The molecule has 124 valence electrons. The van der Waals surface area contributed by atoms with E-state index in [1.54, 1.807) is 24.1 Å². The molecule has 0 unspecified atom stereocenters. The Morgan fingerprint density at radius 2 is 1.83 bits per heavy atom. The van der Waals surface area contributed by atoms with E-state index in [4.69, 9.17) is 0 Å². The summed E-state index contributed by atoms with van der Waals surface area (Å²) in [5.74, 6) is -0.412. The quantitative estimate of drug-likeness (QED) is 0.711. The molecular formula is C16H22N4O3. The molecule has 3 N–H and O–H groups in total. The first-order valence-corrected chi connectivity index (χ1v) is 7.58. The summed E-state index contributed by atoms with van der Waals surface area (Å²) in [4.78, 5) is 36.3. The number of nitrogens with zero attached hydrogens (tertiary/aromatic N) is 1. The molecule has 7 nitrogen and oxygen atoms in total. The summed E-state index contributed by atoms with van der Waals surface area (Å²) < 4.78 is 0. The van der Waals surface area contributed by atoms with Crippen LogP contribution >= 0.6 is 0 Å². The molecule has 0 atom stereocenters. The standard InChI is InChI=1S/C16H22N4O3/c1-17-16(23)19-14(21)10-20(2)9-11-3-5-12(6-4-11)15(22)18-13-7-8-13/h3-6,13H,7-10H2,1-2H3,(H,18,22)(H2,17,19,21,23). The van der Waals surface area contributed by atoms with Crippen LogP contribution in [-0.4, -0.2) is 49.4 Å². The highest BCUT2D eigenvalue weighted by Gasteiger charge is 2.23. The molecule has 1 saturated carbocycles. The van der Waals surface area contributed by atoms with Gasteiger partial charge >= 0.3 is 6.03 Å². The second-order valence-corrected chi connectivity index (χ2v) is 5.74. The van der Waals surface area contributed by atoms with Crippen molar-refractivity contribution in [3.05, 3.63) is 35.4 Å². The van der Waals surface area contributed by atoms with Crippen LogP contribution in [0.1, 0.15) is 28.8 Å². The lowest BCUT2D eigenvalue weighted by Crippen LogP contribution is -2.42. The second-order valence-electron chi connectivity index (χ2n) is 5.74. The summed E-state index contributed by atoms with van der Waals surface area (Å²) in [7, 11) is 3.24. The van der Waals surface area contributed by atoms with Gasteiger partial charge in [-0.1, -0.05) is 12.1 Å². The predicted molar refractivity (Wildman–Crippen MR) is 85.9 cm³/mol. The third kappa shape index (κ3) is 5.71. The van der Waals surface area contributed by atoms with E-state index in [1.807, 2.05) is 12.1 Å². The first kappa shape index (κ1) is 17.0. The second kappa shape index (κ2) is 7.73. The maximum Gasteiger partial charge on any atom is 0.321 e. The number of hydrogen-bond donors (Lipinski definition) is 3. The van der Waals surface area contributed by atoms with Gasteiger partial charge in [0.05, 0.1) is 6.54 Å². The minimum atomic E-state index is -0.519. The van der Waals surface area contributed by atoms with Gasteiger partial charge in [-0.25, -0.2) is 4.79 Å². The van der Waals surface area contributed by atoms with Crippen molar-refractivity contribution < 1.29 is 14.4 Å². The average Bonchev–Trinajstić information content (AvgIpc) is 3.31. The minimum absolute atomic E-state index is 0.0441. The molecule has 23 heavy (non-hydrogen) atoms. The molecule has 0 aromatic heterocycles. The van der Waals surface area contributed by atoms with Crippen LogP contribution in [0.3, 0.4) is 0 Å². The minimum Gasteiger partial charge on any atom is -0.349 e. The van der Waals surface area contributed by atoms with Gasteiger partial charge in [-0.15, -0.1) is 0 Å². The van der Waals surface area contributed by atoms with Gasteiger partial charge in [0.25, 0.3) is 5.91 Å². The molecule has 1 aliphatic rings. The molecule has 1 aromatic rings. The van der Waals surface area contributed by atoms with Crippen molar-refractivity contribution in [3.8, 4) is 0 Å². The number of carbonyl (C=O) groups excluding carboxylic acids is 3. The highest BCUT2D eigenvalue weighted by Crippen LogP contribution is 2.19. The fourth-order valence-corrected chi connectivity index (χ4v) is 2.10. The van der Waals surface area contributed by atoms with E-state index in [0.29, 0.717) is 18.2 Å². The van der Waals surface area contributed by atoms with E-state index in [1.165, 1.54) is 7.05 Å². The first-order valence-electron chi connectivity index (χ1n) is 7.58. The summed E-state index contributed by atoms with van der Waals surface area (Å²) in [6, 6.07) is 7.13. The van der Waals surface area contributed by atoms with E-state index in [-0.39, 0.29) is 18.4 Å². The van der Waals surface area contributed by atoms with Gasteiger partial charge < -0.3 is 10.6 Å². The van der Waals surface area contributed by atoms with Gasteiger partial charge in [-0.05, 0) is 37.6 Å². The van der Waals surface area contributed by atoms with Crippen molar-refractivity contribution in [3.63, 3.8) is 0 Å². The van der Waals surface area contributed by atoms with Gasteiger partial charge in [0.1, 0.15) is 0 Å². The Kier molecular flexibility index (Phi) is 5.70. The number of nitrogens with one attached hydrogen (secondary N) is 3. The van der Waals surface area contributed by atoms with Crippen LogP contribution in [0.25, 0.3) is 0 Å². The van der Waals surface area contributed by atoms with Crippen LogP contribution in [0.15, 0.2) is 24.3 Å². The molecule has 7 heteroatoms. The Labute approximate surface area is 135 Å². The molecule has 4 amide bonds. The third-order valence-electron chi connectivity index (χ3n) is 3.47. The van der Waals surface area contributed by atoms with Gasteiger partial charge in [-0.2, -0.15) is 0 Å². The van der Waals surface area contributed by atoms with E-state index < -0.39 is 6.03 Å². The fourth-order valence-electron chi connectivity index (χ4n) is 2.10. The Morgan fingerprint density at radius 1 is 1.17 bits per heavy atom. The van der Waals surface area contributed by atoms with Crippen molar-refractivity contribution >= 4 is 17.8 Å². The Balaban J connectivity index is 1.81. The number of urea groups is 1. The summed E-state index contributed by atoms with van der Waals surface area (Å²) in [6.45, 7) is 0.656. The smallest absolute Gasteiger partial charge is 0.321 e. The van der Waals surface area contributed by atoms with Gasteiger partial charge in [0.15, 0.2) is 0 Å². The average molecular weight is 318 g/mol. The van der Waals surface area contributed by atoms with Gasteiger partial charge in [-0.3, -0.25) is 19.8 Å². The predicted octanol–water partition coefficient (Wildman–Crippen LogP) is 0.466. The van der Waals surface area contributed by atoms with Gasteiger partial charge in [0.2, 0.25) is 5.91 Å². The van der Waals surface area contributed by atoms with Crippen LogP contribution in [0.2, 0.25) is 0 Å². The number of hydrogen-bond acceptors (Lipinski definition) is 4. The third-order valence-corrected chi connectivity index (χ3v) is 3.47. The van der Waals surface area contributed by atoms with Crippen LogP contribution in [0.4, 0.5) is 4.79 Å². The molecular weight excluding hydrogens is 296 g/mol. The van der Waals surface area contributed by atoms with Crippen LogP contribution in [0, 0.1) is 0 Å². The number of benzene rings is 1. The van der Waals surface area contributed by atoms with Crippen molar-refractivity contribution in [2.24, 2.45) is 0 Å². The van der Waals surface area contributed by atoms with Crippen LogP contribution in [-0.2, 0) is 11.3 Å². The lowest BCUT2D eigenvalue weighted by Gasteiger charge is -2.16. The zero-order valence-corrected chi connectivity index (χ0v) is 13.4. The molecule has 0 bridgehead atoms. The SMILES string of the molecule is CNC(=O)NC(=O)CN(C)Cc1ccc(C(=O)NC2CC2)cc1. The summed E-state index contributed by atoms with van der Waals surface area (Å²) in [5.41, 5.74) is 1.63. The maximum absolute atomic E-state index is 11.9. The Morgan fingerprint density at radius 3 is 2.39 bits per heavy atom. The Hall–Kier alpha value is -2.41. The number of likely N-dealkylation sites (N-methyl/N-ethyl adjacent to an activating group) is 1. The molecule has 0 radical (unpaired) electrons. The molecule has 0 spiro atoms. The van der Waals surface area contributed by atoms with Crippen molar-refractivity contribution in [1.29, 1.82) is 0 Å². The van der Waals surface area contributed by atoms with Crippen LogP contribution in [0.5, 0.6) is 0 Å². The molecule has 2 rings (SSSR count). The number of carbonyl (C=O) groups is 3. The summed E-state index contributed by atoms with van der Waals surface area (Å²) in [5, 5.41) is 7.48. The zero-order valence-electron chi connectivity index (χ0n) is 13.4. The van der Waals surface area contributed by atoms with E-state index in [0.717, 1.165) is 18.4 Å².